The predicted molar refractivity (Wildman–Crippen MR) is 59.3 cm³/mol. The summed E-state index contributed by atoms with van der Waals surface area (Å²) in [5.41, 5.74) is 1.06. The zero-order chi connectivity index (χ0) is 12.1. The molecular weight excluding hydrogens is 208 g/mol. The van der Waals surface area contributed by atoms with Crippen molar-refractivity contribution in [1.82, 2.24) is 19.9 Å². The fourth-order valence-electron chi connectivity index (χ4n) is 1.26. The topological polar surface area (TPSA) is 60.2 Å². The molecule has 6 nitrogen and oxygen atoms in total. The number of ether oxygens (including phenoxy) is 1. The van der Waals surface area contributed by atoms with Gasteiger partial charge < -0.3 is 9.64 Å². The molecule has 1 aromatic rings. The Labute approximate surface area is 95.2 Å². The number of esters is 1. The van der Waals surface area contributed by atoms with Gasteiger partial charge in [0.25, 0.3) is 0 Å². The van der Waals surface area contributed by atoms with Crippen molar-refractivity contribution in [2.45, 2.75) is 20.4 Å². The van der Waals surface area contributed by atoms with Crippen LogP contribution in [0.15, 0.2) is 0 Å². The Morgan fingerprint density at radius 1 is 1.50 bits per heavy atom. The molecule has 0 spiro atoms. The van der Waals surface area contributed by atoms with Crippen LogP contribution in [0.3, 0.4) is 0 Å². The van der Waals surface area contributed by atoms with Gasteiger partial charge >= 0.3 is 5.97 Å². The van der Waals surface area contributed by atoms with Crippen molar-refractivity contribution in [3.05, 3.63) is 11.4 Å². The lowest BCUT2D eigenvalue weighted by atomic mass is 10.3. The Bertz CT molecular complexity index is 360. The average molecular weight is 226 g/mol. The van der Waals surface area contributed by atoms with Gasteiger partial charge in [-0.25, -0.2) is 9.48 Å². The van der Waals surface area contributed by atoms with Crippen molar-refractivity contribution < 1.29 is 9.53 Å². The van der Waals surface area contributed by atoms with Crippen LogP contribution in [-0.2, 0) is 11.3 Å². The molecule has 0 fully saturated rings. The first-order chi connectivity index (χ1) is 7.56. The highest BCUT2D eigenvalue weighted by molar-refractivity contribution is 5.88. The van der Waals surface area contributed by atoms with E-state index in [1.807, 2.05) is 25.9 Å². The molecule has 0 amide bonds. The van der Waals surface area contributed by atoms with Gasteiger partial charge in [-0.2, -0.15) is 0 Å². The van der Waals surface area contributed by atoms with E-state index in [1.165, 1.54) is 0 Å². The zero-order valence-corrected chi connectivity index (χ0v) is 10.2. The van der Waals surface area contributed by atoms with Crippen LogP contribution in [0.2, 0.25) is 0 Å². The van der Waals surface area contributed by atoms with Crippen molar-refractivity contribution in [3.63, 3.8) is 0 Å². The second-order valence-electron chi connectivity index (χ2n) is 3.77. The third-order valence-corrected chi connectivity index (χ3v) is 2.21. The number of hydrogen-bond acceptors (Lipinski definition) is 5. The molecule has 0 bridgehead atoms. The molecule has 1 rings (SSSR count). The van der Waals surface area contributed by atoms with E-state index in [4.69, 9.17) is 4.74 Å². The minimum Gasteiger partial charge on any atom is -0.461 e. The molecule has 90 valence electrons. The number of rotatable bonds is 5. The third-order valence-electron chi connectivity index (χ3n) is 2.21. The van der Waals surface area contributed by atoms with Gasteiger partial charge in [0.2, 0.25) is 0 Å². The van der Waals surface area contributed by atoms with Crippen LogP contribution in [0.4, 0.5) is 0 Å². The molecule has 0 saturated heterocycles. The molecule has 6 heteroatoms. The van der Waals surface area contributed by atoms with E-state index < -0.39 is 5.97 Å². The molecule has 0 radical (unpaired) electrons. The third kappa shape index (κ3) is 3.03. The second kappa shape index (κ2) is 5.60. The predicted octanol–water partition coefficient (Wildman–Crippen LogP) is 0.325. The molecule has 0 atom stereocenters. The van der Waals surface area contributed by atoms with E-state index >= 15 is 0 Å². The minimum absolute atomic E-state index is 0.306. The zero-order valence-electron chi connectivity index (χ0n) is 10.2. The van der Waals surface area contributed by atoms with Crippen molar-refractivity contribution >= 4 is 5.97 Å². The van der Waals surface area contributed by atoms with Gasteiger partial charge in [-0.1, -0.05) is 5.21 Å². The largest absolute Gasteiger partial charge is 0.461 e. The molecule has 0 unspecified atom stereocenters. The Hall–Kier alpha value is -1.43. The van der Waals surface area contributed by atoms with Crippen LogP contribution in [0.5, 0.6) is 0 Å². The fraction of sp³-hybridized carbons (Fsp3) is 0.700. The van der Waals surface area contributed by atoms with Gasteiger partial charge in [-0.3, -0.25) is 0 Å². The molecule has 1 heterocycles. The summed E-state index contributed by atoms with van der Waals surface area (Å²) in [7, 11) is 3.97. The Balaban J connectivity index is 2.72. The van der Waals surface area contributed by atoms with E-state index in [9.17, 15) is 4.79 Å². The molecule has 1 aromatic heterocycles. The number of nitrogens with zero attached hydrogens (tertiary/aromatic N) is 4. The Morgan fingerprint density at radius 3 is 2.75 bits per heavy atom. The van der Waals surface area contributed by atoms with Crippen LogP contribution in [0, 0.1) is 6.92 Å². The summed E-state index contributed by atoms with van der Waals surface area (Å²) in [6.45, 7) is 5.51. The van der Waals surface area contributed by atoms with Crippen LogP contribution in [0.1, 0.15) is 23.1 Å². The van der Waals surface area contributed by atoms with Crippen molar-refractivity contribution in [2.75, 3.05) is 27.2 Å². The number of aromatic nitrogens is 3. The number of carbonyl (C=O) groups excluding carboxylic acids is 1. The van der Waals surface area contributed by atoms with Crippen LogP contribution < -0.4 is 0 Å². The Morgan fingerprint density at radius 2 is 2.19 bits per heavy atom. The lowest BCUT2D eigenvalue weighted by Crippen LogP contribution is -2.20. The number of carbonyl (C=O) groups is 1. The first kappa shape index (κ1) is 12.6. The van der Waals surface area contributed by atoms with E-state index in [-0.39, 0.29) is 0 Å². The molecule has 0 N–H and O–H groups in total. The van der Waals surface area contributed by atoms with Gasteiger partial charge in [0.15, 0.2) is 5.69 Å². The van der Waals surface area contributed by atoms with E-state index in [0.29, 0.717) is 18.8 Å². The van der Waals surface area contributed by atoms with Gasteiger partial charge in [0.1, 0.15) is 0 Å². The maximum Gasteiger partial charge on any atom is 0.360 e. The van der Waals surface area contributed by atoms with Gasteiger partial charge in [-0.15, -0.1) is 5.10 Å². The monoisotopic (exact) mass is 226 g/mol. The number of likely N-dealkylation sites (N-methyl/N-ethyl adjacent to an activating group) is 1. The van der Waals surface area contributed by atoms with E-state index in [0.717, 1.165) is 12.2 Å². The smallest absolute Gasteiger partial charge is 0.360 e. The normalized spacial score (nSPS) is 10.8. The van der Waals surface area contributed by atoms with Gasteiger partial charge in [0.05, 0.1) is 18.8 Å². The molecule has 0 aliphatic heterocycles. The summed E-state index contributed by atoms with van der Waals surface area (Å²) < 4.78 is 6.60. The highest BCUT2D eigenvalue weighted by Gasteiger charge is 2.17. The lowest BCUT2D eigenvalue weighted by Gasteiger charge is -2.09. The fourth-order valence-corrected chi connectivity index (χ4v) is 1.26. The van der Waals surface area contributed by atoms with Crippen molar-refractivity contribution in [3.8, 4) is 0 Å². The maximum absolute atomic E-state index is 11.5. The van der Waals surface area contributed by atoms with Gasteiger partial charge in [0, 0.05) is 6.54 Å². The van der Waals surface area contributed by atoms with Crippen LogP contribution in [-0.4, -0.2) is 53.1 Å². The van der Waals surface area contributed by atoms with Crippen LogP contribution >= 0.6 is 0 Å². The SMILES string of the molecule is CCOC(=O)c1nnn(CCN(C)C)c1C. The molecule has 0 aliphatic rings. The summed E-state index contributed by atoms with van der Waals surface area (Å²) in [6.07, 6.45) is 0. The summed E-state index contributed by atoms with van der Waals surface area (Å²) in [6, 6.07) is 0. The standard InChI is InChI=1S/C10H18N4O2/c1-5-16-10(15)9-8(2)14(12-11-9)7-6-13(3)4/h5-7H2,1-4H3. The molecule has 0 saturated carbocycles. The van der Waals surface area contributed by atoms with E-state index in [1.54, 1.807) is 11.6 Å². The van der Waals surface area contributed by atoms with E-state index in [2.05, 4.69) is 10.3 Å². The summed E-state index contributed by atoms with van der Waals surface area (Å²) >= 11 is 0. The first-order valence-electron chi connectivity index (χ1n) is 5.28. The summed E-state index contributed by atoms with van der Waals surface area (Å²) in [5, 5.41) is 7.76. The molecule has 16 heavy (non-hydrogen) atoms. The maximum atomic E-state index is 11.5. The summed E-state index contributed by atoms with van der Waals surface area (Å²) in [5.74, 6) is -0.406. The van der Waals surface area contributed by atoms with Crippen molar-refractivity contribution in [2.24, 2.45) is 0 Å². The molecule has 0 aliphatic carbocycles. The molecular formula is C10H18N4O2. The highest BCUT2D eigenvalue weighted by Crippen LogP contribution is 2.05. The highest BCUT2D eigenvalue weighted by atomic mass is 16.5. The van der Waals surface area contributed by atoms with Crippen LogP contribution in [0.25, 0.3) is 0 Å². The average Bonchev–Trinajstić information content (AvgIpc) is 2.57. The van der Waals surface area contributed by atoms with Gasteiger partial charge in [-0.05, 0) is 27.9 Å². The lowest BCUT2D eigenvalue weighted by molar-refractivity contribution is 0.0518. The first-order valence-corrected chi connectivity index (χ1v) is 5.28. The minimum atomic E-state index is -0.406. The molecule has 0 aromatic carbocycles. The summed E-state index contributed by atoms with van der Waals surface area (Å²) in [4.78, 5) is 13.5. The quantitative estimate of drug-likeness (QED) is 0.677. The number of hydrogen-bond donors (Lipinski definition) is 0. The Kier molecular flexibility index (Phi) is 4.42. The van der Waals surface area contributed by atoms with Crippen molar-refractivity contribution in [1.29, 1.82) is 0 Å². The second-order valence-corrected chi connectivity index (χ2v) is 3.77.